The number of benzene rings is 1. The van der Waals surface area contributed by atoms with Crippen molar-refractivity contribution in [3.05, 3.63) is 35.9 Å². The number of nitrogens with one attached hydrogen (secondary N) is 2. The predicted molar refractivity (Wildman–Crippen MR) is 91.8 cm³/mol. The topological polar surface area (TPSA) is 76.7 Å². The Hall–Kier alpha value is -1.12. The van der Waals surface area contributed by atoms with Gasteiger partial charge in [-0.1, -0.05) is 11.6 Å². The van der Waals surface area contributed by atoms with Gasteiger partial charge in [0, 0.05) is 20.2 Å². The molecule has 1 aromatic carbocycles. The maximum Gasteiger partial charge on any atom is 0.240 e. The number of sulfonamides is 1. The second-order valence-electron chi connectivity index (χ2n) is 4.95. The van der Waals surface area contributed by atoms with E-state index in [0.29, 0.717) is 25.5 Å². The van der Waals surface area contributed by atoms with Gasteiger partial charge >= 0.3 is 0 Å². The quantitative estimate of drug-likeness (QED) is 0.539. The van der Waals surface area contributed by atoms with Crippen LogP contribution in [0.4, 0.5) is 0 Å². The molecule has 0 aromatic heterocycles. The summed E-state index contributed by atoms with van der Waals surface area (Å²) >= 11 is 0. The number of methoxy groups -OCH3 is 1. The van der Waals surface area contributed by atoms with Crippen molar-refractivity contribution in [3.8, 4) is 5.75 Å². The first kappa shape index (κ1) is 19.9. The summed E-state index contributed by atoms with van der Waals surface area (Å²) in [7, 11) is -1.89. The monoisotopic (exact) mass is 362 g/mol. The van der Waals surface area contributed by atoms with Gasteiger partial charge in [0.1, 0.15) is 12.4 Å². The highest BCUT2D eigenvalue weighted by atomic mass is 35.5. The molecule has 2 rings (SSSR count). The lowest BCUT2D eigenvalue weighted by molar-refractivity contribution is 0.146. The first-order chi connectivity index (χ1) is 10.6. The van der Waals surface area contributed by atoms with Gasteiger partial charge in [0.25, 0.3) is 0 Å². The molecule has 0 aliphatic carbocycles. The maximum atomic E-state index is 12.2. The molecule has 0 unspecified atom stereocenters. The van der Waals surface area contributed by atoms with Crippen molar-refractivity contribution in [1.29, 1.82) is 0 Å². The third kappa shape index (κ3) is 6.48. The van der Waals surface area contributed by atoms with Crippen molar-refractivity contribution >= 4 is 22.4 Å². The van der Waals surface area contributed by atoms with Gasteiger partial charge in [-0.3, -0.25) is 0 Å². The van der Waals surface area contributed by atoms with Gasteiger partial charge in [-0.2, -0.15) is 0 Å². The van der Waals surface area contributed by atoms with Crippen molar-refractivity contribution in [2.45, 2.75) is 11.3 Å². The summed E-state index contributed by atoms with van der Waals surface area (Å²) in [5.41, 5.74) is 1.11. The number of ether oxygens (including phenoxy) is 2. The summed E-state index contributed by atoms with van der Waals surface area (Å²) in [6.45, 7) is 2.97. The standard InChI is InChI=1S/C15H22N2O4S.ClH/c1-20-10-11-21-14-2-4-15(5-3-14)22(18,19)17-12-13-6-8-16-9-7-13;/h2-6,16-17H,7-12H2,1H3;1H. The van der Waals surface area contributed by atoms with E-state index < -0.39 is 10.0 Å². The molecule has 1 aliphatic rings. The minimum absolute atomic E-state index is 0. The Labute approximate surface area is 143 Å². The molecule has 23 heavy (non-hydrogen) atoms. The summed E-state index contributed by atoms with van der Waals surface area (Å²) in [6.07, 6.45) is 2.90. The molecular formula is C15H23ClN2O4S. The largest absolute Gasteiger partial charge is 0.491 e. The first-order valence-electron chi connectivity index (χ1n) is 7.22. The molecule has 0 radical (unpaired) electrons. The van der Waals surface area contributed by atoms with Gasteiger partial charge < -0.3 is 14.8 Å². The molecule has 2 N–H and O–H groups in total. The molecule has 0 fully saturated rings. The van der Waals surface area contributed by atoms with E-state index in [-0.39, 0.29) is 17.3 Å². The Morgan fingerprint density at radius 3 is 2.57 bits per heavy atom. The van der Waals surface area contributed by atoms with Crippen LogP contribution in [-0.4, -0.2) is 48.4 Å². The second kappa shape index (κ2) is 9.89. The van der Waals surface area contributed by atoms with Crippen LogP contribution in [0.15, 0.2) is 40.8 Å². The Morgan fingerprint density at radius 1 is 1.22 bits per heavy atom. The van der Waals surface area contributed by atoms with E-state index in [1.54, 1.807) is 31.4 Å². The number of rotatable bonds is 8. The molecule has 0 amide bonds. The summed E-state index contributed by atoms with van der Waals surface area (Å²) in [5, 5.41) is 3.19. The van der Waals surface area contributed by atoms with Crippen LogP contribution in [0.2, 0.25) is 0 Å². The fourth-order valence-electron chi connectivity index (χ4n) is 2.06. The van der Waals surface area contributed by atoms with Crippen LogP contribution in [0.3, 0.4) is 0 Å². The predicted octanol–water partition coefficient (Wildman–Crippen LogP) is 1.33. The van der Waals surface area contributed by atoms with Crippen LogP contribution in [0.25, 0.3) is 0 Å². The third-order valence-corrected chi connectivity index (χ3v) is 4.75. The normalized spacial score (nSPS) is 14.7. The Balaban J connectivity index is 0.00000264. The van der Waals surface area contributed by atoms with E-state index in [0.717, 1.165) is 25.1 Å². The molecule has 130 valence electrons. The molecule has 0 saturated carbocycles. The van der Waals surface area contributed by atoms with E-state index >= 15 is 0 Å². The molecule has 0 spiro atoms. The average Bonchev–Trinajstić information content (AvgIpc) is 2.55. The van der Waals surface area contributed by atoms with Crippen molar-refractivity contribution < 1.29 is 17.9 Å². The van der Waals surface area contributed by atoms with E-state index in [2.05, 4.69) is 10.0 Å². The van der Waals surface area contributed by atoms with Crippen molar-refractivity contribution in [2.75, 3.05) is 40.0 Å². The molecule has 8 heteroatoms. The fraction of sp³-hybridized carbons (Fsp3) is 0.467. The molecule has 0 bridgehead atoms. The summed E-state index contributed by atoms with van der Waals surface area (Å²) in [6, 6.07) is 6.38. The highest BCUT2D eigenvalue weighted by molar-refractivity contribution is 7.89. The highest BCUT2D eigenvalue weighted by Gasteiger charge is 2.14. The molecule has 1 heterocycles. The molecule has 6 nitrogen and oxygen atoms in total. The smallest absolute Gasteiger partial charge is 0.240 e. The Bertz CT molecular complexity index is 602. The van der Waals surface area contributed by atoms with Crippen LogP contribution in [0, 0.1) is 0 Å². The van der Waals surface area contributed by atoms with Crippen molar-refractivity contribution in [2.24, 2.45) is 0 Å². The number of halogens is 1. The van der Waals surface area contributed by atoms with E-state index in [4.69, 9.17) is 9.47 Å². The van der Waals surface area contributed by atoms with Crippen LogP contribution in [0.1, 0.15) is 6.42 Å². The van der Waals surface area contributed by atoms with Crippen LogP contribution in [-0.2, 0) is 14.8 Å². The highest BCUT2D eigenvalue weighted by Crippen LogP contribution is 2.16. The zero-order chi connectivity index (χ0) is 15.8. The SMILES string of the molecule is COCCOc1ccc(S(=O)(=O)NCC2=CCNCC2)cc1.Cl. The second-order valence-corrected chi connectivity index (χ2v) is 6.72. The van der Waals surface area contributed by atoms with Gasteiger partial charge in [-0.15, -0.1) is 12.4 Å². The van der Waals surface area contributed by atoms with Gasteiger partial charge in [0.05, 0.1) is 11.5 Å². The van der Waals surface area contributed by atoms with Gasteiger partial charge in [0.2, 0.25) is 10.0 Å². The van der Waals surface area contributed by atoms with Crippen molar-refractivity contribution in [1.82, 2.24) is 10.0 Å². The van der Waals surface area contributed by atoms with Gasteiger partial charge in [-0.25, -0.2) is 13.1 Å². The number of hydrogen-bond donors (Lipinski definition) is 2. The lowest BCUT2D eigenvalue weighted by Crippen LogP contribution is -2.29. The van der Waals surface area contributed by atoms with E-state index in [1.165, 1.54) is 0 Å². The summed E-state index contributed by atoms with van der Waals surface area (Å²) < 4.78 is 37.4. The van der Waals surface area contributed by atoms with Crippen LogP contribution >= 0.6 is 12.4 Å². The van der Waals surface area contributed by atoms with E-state index in [1.807, 2.05) is 6.08 Å². The first-order valence-corrected chi connectivity index (χ1v) is 8.70. The zero-order valence-electron chi connectivity index (χ0n) is 13.1. The van der Waals surface area contributed by atoms with Crippen LogP contribution < -0.4 is 14.8 Å². The molecule has 0 atom stereocenters. The fourth-order valence-corrected chi connectivity index (χ4v) is 3.10. The Morgan fingerprint density at radius 2 is 1.96 bits per heavy atom. The van der Waals surface area contributed by atoms with Gasteiger partial charge in [-0.05, 0) is 37.2 Å². The lowest BCUT2D eigenvalue weighted by atomic mass is 10.1. The maximum absolute atomic E-state index is 12.2. The third-order valence-electron chi connectivity index (χ3n) is 3.34. The van der Waals surface area contributed by atoms with Gasteiger partial charge in [0.15, 0.2) is 0 Å². The minimum atomic E-state index is -3.49. The van der Waals surface area contributed by atoms with Crippen molar-refractivity contribution in [3.63, 3.8) is 0 Å². The minimum Gasteiger partial charge on any atom is -0.491 e. The zero-order valence-corrected chi connectivity index (χ0v) is 14.7. The number of hydrogen-bond acceptors (Lipinski definition) is 5. The Kier molecular flexibility index (Phi) is 8.57. The lowest BCUT2D eigenvalue weighted by Gasteiger charge is -2.15. The van der Waals surface area contributed by atoms with E-state index in [9.17, 15) is 8.42 Å². The van der Waals surface area contributed by atoms with Crippen LogP contribution in [0.5, 0.6) is 5.75 Å². The molecule has 0 saturated heterocycles. The molecular weight excluding hydrogens is 340 g/mol. The molecule has 1 aliphatic heterocycles. The summed E-state index contributed by atoms with van der Waals surface area (Å²) in [5.74, 6) is 0.622. The molecule has 1 aromatic rings. The summed E-state index contributed by atoms with van der Waals surface area (Å²) in [4.78, 5) is 0.237. The average molecular weight is 363 g/mol.